The van der Waals surface area contributed by atoms with Gasteiger partial charge in [-0.15, -0.1) is 0 Å². The van der Waals surface area contributed by atoms with Crippen molar-refractivity contribution >= 4 is 10.0 Å². The molecule has 3 heterocycles. The molecule has 0 spiro atoms. The molecule has 10 heteroatoms. The fraction of sp³-hybridized carbons (Fsp3) is 0.450. The first-order valence-corrected chi connectivity index (χ1v) is 11.3. The zero-order valence-corrected chi connectivity index (χ0v) is 17.8. The molecule has 160 valence electrons. The Labute approximate surface area is 175 Å². The summed E-state index contributed by atoms with van der Waals surface area (Å²) in [5.41, 5.74) is 1.46. The minimum Gasteiger partial charge on any atom is -0.367 e. The van der Waals surface area contributed by atoms with Gasteiger partial charge in [0.25, 0.3) is 5.89 Å². The Balaban J connectivity index is 1.32. The van der Waals surface area contributed by atoms with Crippen LogP contribution in [0.15, 0.2) is 44.3 Å². The van der Waals surface area contributed by atoms with Gasteiger partial charge in [0.15, 0.2) is 11.6 Å². The molecule has 1 aliphatic heterocycles. The van der Waals surface area contributed by atoms with Crippen LogP contribution in [0.5, 0.6) is 0 Å². The molecule has 30 heavy (non-hydrogen) atoms. The lowest BCUT2D eigenvalue weighted by Crippen LogP contribution is -2.38. The summed E-state index contributed by atoms with van der Waals surface area (Å²) in [6, 6.07) is 9.86. The van der Waals surface area contributed by atoms with E-state index in [0.717, 1.165) is 5.56 Å². The lowest BCUT2D eigenvalue weighted by molar-refractivity contribution is 0.0850. The maximum absolute atomic E-state index is 12.9. The second kappa shape index (κ2) is 8.66. The molecule has 4 rings (SSSR count). The number of sulfonamides is 1. The lowest BCUT2D eigenvalue weighted by Gasteiger charge is -2.29. The molecule has 0 amide bonds. The molecule has 9 nitrogen and oxygen atoms in total. The van der Waals surface area contributed by atoms with Crippen molar-refractivity contribution in [2.45, 2.75) is 50.7 Å². The quantitative estimate of drug-likeness (QED) is 0.560. The number of ether oxygens (including phenoxy) is 1. The Morgan fingerprint density at radius 2 is 1.80 bits per heavy atom. The van der Waals surface area contributed by atoms with Gasteiger partial charge in [-0.1, -0.05) is 40.6 Å². The fourth-order valence-corrected chi connectivity index (χ4v) is 5.41. The minimum absolute atomic E-state index is 0.0488. The van der Waals surface area contributed by atoms with E-state index in [2.05, 4.69) is 15.3 Å². The average Bonchev–Trinajstić information content (AvgIpc) is 3.35. The van der Waals surface area contributed by atoms with Crippen LogP contribution in [-0.2, 0) is 28.0 Å². The van der Waals surface area contributed by atoms with Gasteiger partial charge in [0.2, 0.25) is 10.0 Å². The van der Waals surface area contributed by atoms with E-state index < -0.39 is 10.0 Å². The van der Waals surface area contributed by atoms with Crippen LogP contribution >= 0.6 is 0 Å². The molecule has 1 aliphatic rings. The van der Waals surface area contributed by atoms with Gasteiger partial charge in [-0.2, -0.15) is 9.29 Å². The predicted molar refractivity (Wildman–Crippen MR) is 106 cm³/mol. The van der Waals surface area contributed by atoms with Crippen LogP contribution in [0.1, 0.15) is 47.5 Å². The van der Waals surface area contributed by atoms with E-state index in [4.69, 9.17) is 13.8 Å². The van der Waals surface area contributed by atoms with E-state index in [1.54, 1.807) is 13.8 Å². The molecule has 0 unspecified atom stereocenters. The van der Waals surface area contributed by atoms with E-state index in [1.807, 2.05) is 30.3 Å². The summed E-state index contributed by atoms with van der Waals surface area (Å²) in [4.78, 5) is 4.60. The number of benzene rings is 1. The third kappa shape index (κ3) is 4.30. The zero-order valence-electron chi connectivity index (χ0n) is 16.9. The summed E-state index contributed by atoms with van der Waals surface area (Å²) in [6.45, 7) is 4.71. The predicted octanol–water partition coefficient (Wildman–Crippen LogP) is 2.96. The SMILES string of the molecule is Cc1noc(C)c1S(=O)(=O)N1CCC(c2noc(COCc3ccccc3)n2)CC1. The van der Waals surface area contributed by atoms with Gasteiger partial charge < -0.3 is 13.8 Å². The smallest absolute Gasteiger partial charge is 0.252 e. The second-order valence-corrected chi connectivity index (χ2v) is 9.23. The van der Waals surface area contributed by atoms with Gasteiger partial charge in [-0.05, 0) is 32.3 Å². The molecule has 3 aromatic rings. The van der Waals surface area contributed by atoms with Crippen LogP contribution in [0.2, 0.25) is 0 Å². The van der Waals surface area contributed by atoms with Crippen molar-refractivity contribution in [1.29, 1.82) is 0 Å². The Morgan fingerprint density at radius 3 is 2.47 bits per heavy atom. The van der Waals surface area contributed by atoms with E-state index in [9.17, 15) is 8.42 Å². The average molecular weight is 433 g/mol. The molecule has 0 N–H and O–H groups in total. The number of hydrogen-bond donors (Lipinski definition) is 0. The van der Waals surface area contributed by atoms with Crippen LogP contribution < -0.4 is 0 Å². The summed E-state index contributed by atoms with van der Waals surface area (Å²) >= 11 is 0. The Hall–Kier alpha value is -2.56. The number of hydrogen-bond acceptors (Lipinski definition) is 8. The van der Waals surface area contributed by atoms with E-state index >= 15 is 0 Å². The highest BCUT2D eigenvalue weighted by molar-refractivity contribution is 7.89. The maximum Gasteiger partial charge on any atom is 0.252 e. The van der Waals surface area contributed by atoms with Crippen molar-refractivity contribution in [3.8, 4) is 0 Å². The van der Waals surface area contributed by atoms with Crippen LogP contribution in [0.4, 0.5) is 0 Å². The topological polar surface area (TPSA) is 112 Å². The van der Waals surface area contributed by atoms with E-state index in [0.29, 0.717) is 55.7 Å². The van der Waals surface area contributed by atoms with Crippen LogP contribution in [0.25, 0.3) is 0 Å². The van der Waals surface area contributed by atoms with Gasteiger partial charge in [0.05, 0.1) is 6.61 Å². The number of nitrogens with zero attached hydrogens (tertiary/aromatic N) is 4. The first kappa shape index (κ1) is 20.7. The van der Waals surface area contributed by atoms with Crippen LogP contribution in [0, 0.1) is 13.8 Å². The minimum atomic E-state index is -3.63. The van der Waals surface area contributed by atoms with Crippen molar-refractivity contribution in [3.05, 3.63) is 59.1 Å². The molecule has 0 bridgehead atoms. The monoisotopic (exact) mass is 432 g/mol. The third-order valence-corrected chi connectivity index (χ3v) is 7.35. The number of piperidine rings is 1. The normalized spacial score (nSPS) is 16.2. The largest absolute Gasteiger partial charge is 0.367 e. The van der Waals surface area contributed by atoms with Gasteiger partial charge >= 0.3 is 0 Å². The Morgan fingerprint density at radius 1 is 1.07 bits per heavy atom. The third-order valence-electron chi connectivity index (χ3n) is 5.21. The van der Waals surface area contributed by atoms with Crippen molar-refractivity contribution in [2.24, 2.45) is 0 Å². The summed E-state index contributed by atoms with van der Waals surface area (Å²) in [5.74, 6) is 1.38. The Kier molecular flexibility index (Phi) is 5.98. The van der Waals surface area contributed by atoms with Crippen molar-refractivity contribution in [3.63, 3.8) is 0 Å². The Bertz CT molecular complexity index is 1070. The van der Waals surface area contributed by atoms with Crippen LogP contribution in [0.3, 0.4) is 0 Å². The first-order chi connectivity index (χ1) is 14.4. The van der Waals surface area contributed by atoms with E-state index in [-0.39, 0.29) is 17.4 Å². The number of aromatic nitrogens is 3. The molecule has 1 saturated heterocycles. The highest BCUT2D eigenvalue weighted by atomic mass is 32.2. The molecular formula is C20H24N4O5S. The summed E-state index contributed by atoms with van der Waals surface area (Å²) < 4.78 is 43.3. The standard InChI is InChI=1S/C20H24N4O5S/c1-14-19(15(2)28-22-14)30(25,26)24-10-8-17(9-11-24)20-21-18(29-23-20)13-27-12-16-6-4-3-5-7-16/h3-7,17H,8-13H2,1-2H3. The number of rotatable bonds is 7. The van der Waals surface area contributed by atoms with Gasteiger partial charge in [0.1, 0.15) is 17.2 Å². The highest BCUT2D eigenvalue weighted by Gasteiger charge is 2.35. The molecule has 0 atom stereocenters. The molecule has 1 aromatic carbocycles. The zero-order chi connectivity index (χ0) is 21.1. The molecule has 0 saturated carbocycles. The van der Waals surface area contributed by atoms with Crippen LogP contribution in [-0.4, -0.2) is 41.1 Å². The van der Waals surface area contributed by atoms with Crippen molar-refractivity contribution in [2.75, 3.05) is 13.1 Å². The number of aryl methyl sites for hydroxylation is 2. The van der Waals surface area contributed by atoms with Gasteiger partial charge in [-0.3, -0.25) is 0 Å². The van der Waals surface area contributed by atoms with Crippen molar-refractivity contribution in [1.82, 2.24) is 19.6 Å². The molecule has 0 radical (unpaired) electrons. The summed E-state index contributed by atoms with van der Waals surface area (Å²) in [7, 11) is -3.63. The maximum atomic E-state index is 12.9. The molecular weight excluding hydrogens is 408 g/mol. The first-order valence-electron chi connectivity index (χ1n) is 9.82. The fourth-order valence-electron chi connectivity index (χ4n) is 3.65. The molecule has 2 aromatic heterocycles. The highest BCUT2D eigenvalue weighted by Crippen LogP contribution is 2.31. The summed E-state index contributed by atoms with van der Waals surface area (Å²) in [6.07, 6.45) is 1.24. The molecule has 1 fully saturated rings. The van der Waals surface area contributed by atoms with Crippen molar-refractivity contribution < 1.29 is 22.2 Å². The van der Waals surface area contributed by atoms with Gasteiger partial charge in [-0.25, -0.2) is 8.42 Å². The molecule has 0 aliphatic carbocycles. The lowest BCUT2D eigenvalue weighted by atomic mass is 9.98. The second-order valence-electron chi connectivity index (χ2n) is 7.36. The van der Waals surface area contributed by atoms with E-state index in [1.165, 1.54) is 4.31 Å². The van der Waals surface area contributed by atoms with Gasteiger partial charge in [0, 0.05) is 19.0 Å². The summed E-state index contributed by atoms with van der Waals surface area (Å²) in [5, 5.41) is 7.83.